The van der Waals surface area contributed by atoms with Gasteiger partial charge < -0.3 is 4.74 Å². The molecule has 0 heterocycles. The van der Waals surface area contributed by atoms with Gasteiger partial charge in [0.2, 0.25) is 0 Å². The zero-order valence-corrected chi connectivity index (χ0v) is 11.3. The lowest BCUT2D eigenvalue weighted by atomic mass is 10.0. The smallest absolute Gasteiger partial charge is 0.134 e. The lowest BCUT2D eigenvalue weighted by Crippen LogP contribution is -2.02. The van der Waals surface area contributed by atoms with Gasteiger partial charge in [-0.05, 0) is 12.5 Å². The molecule has 2 aromatic carbocycles. The number of hydrogen-bond acceptors (Lipinski definition) is 1. The van der Waals surface area contributed by atoms with Crippen molar-refractivity contribution in [1.82, 2.24) is 0 Å². The lowest BCUT2D eigenvalue weighted by molar-refractivity contribution is 0.405. The number of ether oxygens (including phenoxy) is 1. The van der Waals surface area contributed by atoms with Crippen LogP contribution in [-0.4, -0.2) is 7.11 Å². The second-order valence-corrected chi connectivity index (χ2v) is 4.71. The van der Waals surface area contributed by atoms with Crippen LogP contribution in [0.25, 0.3) is 0 Å². The Balaban J connectivity index is 2.44. The third-order valence-corrected chi connectivity index (χ3v) is 3.38. The number of benzene rings is 2. The van der Waals surface area contributed by atoms with Crippen LogP contribution >= 0.6 is 11.6 Å². The maximum absolute atomic E-state index is 13.9. The molecule has 4 heteroatoms. The van der Waals surface area contributed by atoms with Gasteiger partial charge in [-0.1, -0.05) is 29.8 Å². The number of aryl methyl sites for hydroxylation is 1. The summed E-state index contributed by atoms with van der Waals surface area (Å²) in [6.45, 7) is 1.93. The molecule has 0 spiro atoms. The highest BCUT2D eigenvalue weighted by Crippen LogP contribution is 2.34. The summed E-state index contributed by atoms with van der Waals surface area (Å²) in [5.41, 5.74) is 1.55. The predicted octanol–water partition coefficient (Wildman–Crippen LogP) is 4.61. The Bertz CT molecular complexity index is 558. The van der Waals surface area contributed by atoms with Gasteiger partial charge in [-0.3, -0.25) is 0 Å². The van der Waals surface area contributed by atoms with Crippen molar-refractivity contribution < 1.29 is 13.5 Å². The van der Waals surface area contributed by atoms with E-state index in [0.29, 0.717) is 5.56 Å². The standard InChI is InChI=1S/C15H13ClF2O/c1-9-3-5-10(6-4-9)15(16)14-12(17)7-11(19-2)8-13(14)18/h3-8,15H,1-2H3. The van der Waals surface area contributed by atoms with Crippen molar-refractivity contribution in [3.05, 3.63) is 64.7 Å². The van der Waals surface area contributed by atoms with Gasteiger partial charge in [-0.25, -0.2) is 8.78 Å². The highest BCUT2D eigenvalue weighted by atomic mass is 35.5. The summed E-state index contributed by atoms with van der Waals surface area (Å²) in [5.74, 6) is -1.29. The highest BCUT2D eigenvalue weighted by molar-refractivity contribution is 6.22. The van der Waals surface area contributed by atoms with Crippen molar-refractivity contribution in [3.8, 4) is 5.75 Å². The molecule has 2 rings (SSSR count). The third-order valence-electron chi connectivity index (χ3n) is 2.91. The molecule has 1 nitrogen and oxygen atoms in total. The van der Waals surface area contributed by atoms with Crippen LogP contribution < -0.4 is 4.74 Å². The molecule has 19 heavy (non-hydrogen) atoms. The maximum atomic E-state index is 13.9. The van der Waals surface area contributed by atoms with E-state index in [1.54, 1.807) is 12.1 Å². The Morgan fingerprint density at radius 1 is 1.05 bits per heavy atom. The molecule has 0 aliphatic heterocycles. The molecule has 0 aliphatic rings. The molecule has 0 aliphatic carbocycles. The molecular weight excluding hydrogens is 270 g/mol. The first-order valence-electron chi connectivity index (χ1n) is 5.76. The summed E-state index contributed by atoms with van der Waals surface area (Å²) >= 11 is 6.17. The number of halogens is 3. The minimum atomic E-state index is -0.869. The topological polar surface area (TPSA) is 9.23 Å². The van der Waals surface area contributed by atoms with Gasteiger partial charge in [0.25, 0.3) is 0 Å². The molecular formula is C15H13ClF2O. The van der Waals surface area contributed by atoms with Crippen molar-refractivity contribution in [3.63, 3.8) is 0 Å². The quantitative estimate of drug-likeness (QED) is 0.747. The maximum Gasteiger partial charge on any atom is 0.134 e. The van der Waals surface area contributed by atoms with Crippen LogP contribution in [0, 0.1) is 18.6 Å². The lowest BCUT2D eigenvalue weighted by Gasteiger charge is -2.13. The van der Waals surface area contributed by atoms with E-state index in [9.17, 15) is 8.78 Å². The van der Waals surface area contributed by atoms with Gasteiger partial charge in [0.15, 0.2) is 0 Å². The van der Waals surface area contributed by atoms with Crippen LogP contribution in [-0.2, 0) is 0 Å². The molecule has 1 atom stereocenters. The van der Waals surface area contributed by atoms with Crippen molar-refractivity contribution in [2.24, 2.45) is 0 Å². The zero-order chi connectivity index (χ0) is 14.0. The van der Waals surface area contributed by atoms with E-state index < -0.39 is 17.0 Å². The number of hydrogen-bond donors (Lipinski definition) is 0. The van der Waals surface area contributed by atoms with Crippen LogP contribution in [0.5, 0.6) is 5.75 Å². The highest BCUT2D eigenvalue weighted by Gasteiger charge is 2.21. The molecule has 100 valence electrons. The summed E-state index contributed by atoms with van der Waals surface area (Å²) < 4.78 is 32.6. The van der Waals surface area contributed by atoms with E-state index >= 15 is 0 Å². The Morgan fingerprint density at radius 3 is 2.05 bits per heavy atom. The molecule has 2 aromatic rings. The van der Waals surface area contributed by atoms with E-state index in [2.05, 4.69) is 0 Å². The Morgan fingerprint density at radius 2 is 1.58 bits per heavy atom. The molecule has 0 saturated heterocycles. The van der Waals surface area contributed by atoms with Crippen LogP contribution in [0.4, 0.5) is 8.78 Å². The van der Waals surface area contributed by atoms with Crippen LogP contribution in [0.2, 0.25) is 0 Å². The number of methoxy groups -OCH3 is 1. The largest absolute Gasteiger partial charge is 0.497 e. The first-order chi connectivity index (χ1) is 9.02. The monoisotopic (exact) mass is 282 g/mol. The molecule has 0 amide bonds. The van der Waals surface area contributed by atoms with Crippen molar-refractivity contribution >= 4 is 11.6 Å². The third kappa shape index (κ3) is 2.87. The van der Waals surface area contributed by atoms with E-state index in [4.69, 9.17) is 16.3 Å². The summed E-state index contributed by atoms with van der Waals surface area (Å²) in [5, 5.41) is -0.869. The predicted molar refractivity (Wildman–Crippen MR) is 71.8 cm³/mol. The molecule has 0 radical (unpaired) electrons. The SMILES string of the molecule is COc1cc(F)c(C(Cl)c2ccc(C)cc2)c(F)c1. The fraction of sp³-hybridized carbons (Fsp3) is 0.200. The summed E-state index contributed by atoms with van der Waals surface area (Å²) in [6, 6.07) is 9.48. The molecule has 0 N–H and O–H groups in total. The van der Waals surface area contributed by atoms with Gasteiger partial charge in [0.1, 0.15) is 17.4 Å². The van der Waals surface area contributed by atoms with Crippen molar-refractivity contribution in [2.75, 3.05) is 7.11 Å². The van der Waals surface area contributed by atoms with Crippen molar-refractivity contribution in [2.45, 2.75) is 12.3 Å². The van der Waals surface area contributed by atoms with Gasteiger partial charge in [-0.2, -0.15) is 0 Å². The van der Waals surface area contributed by atoms with Gasteiger partial charge in [0.05, 0.1) is 12.5 Å². The fourth-order valence-electron chi connectivity index (χ4n) is 1.82. The molecule has 0 aromatic heterocycles. The normalized spacial score (nSPS) is 12.3. The first-order valence-corrected chi connectivity index (χ1v) is 6.20. The van der Waals surface area contributed by atoms with E-state index in [1.807, 2.05) is 19.1 Å². The summed E-state index contributed by atoms with van der Waals surface area (Å²) in [6.07, 6.45) is 0. The fourth-order valence-corrected chi connectivity index (χ4v) is 2.18. The second kappa shape index (κ2) is 5.57. The zero-order valence-electron chi connectivity index (χ0n) is 10.6. The van der Waals surface area contributed by atoms with E-state index in [0.717, 1.165) is 17.7 Å². The second-order valence-electron chi connectivity index (χ2n) is 4.28. The Hall–Kier alpha value is -1.61. The van der Waals surface area contributed by atoms with E-state index in [-0.39, 0.29) is 11.3 Å². The summed E-state index contributed by atoms with van der Waals surface area (Å²) in [4.78, 5) is 0. The number of alkyl halides is 1. The van der Waals surface area contributed by atoms with Crippen molar-refractivity contribution in [1.29, 1.82) is 0 Å². The van der Waals surface area contributed by atoms with Gasteiger partial charge in [-0.15, -0.1) is 11.6 Å². The average Bonchev–Trinajstić information content (AvgIpc) is 2.38. The minimum absolute atomic E-state index is 0.131. The summed E-state index contributed by atoms with van der Waals surface area (Å²) in [7, 11) is 1.35. The van der Waals surface area contributed by atoms with Crippen LogP contribution in [0.1, 0.15) is 22.1 Å². The van der Waals surface area contributed by atoms with E-state index in [1.165, 1.54) is 7.11 Å². The first kappa shape index (κ1) is 13.8. The molecule has 1 unspecified atom stereocenters. The van der Waals surface area contributed by atoms with Gasteiger partial charge in [0, 0.05) is 17.7 Å². The average molecular weight is 283 g/mol. The van der Waals surface area contributed by atoms with Crippen LogP contribution in [0.3, 0.4) is 0 Å². The van der Waals surface area contributed by atoms with Gasteiger partial charge >= 0.3 is 0 Å². The Kier molecular flexibility index (Phi) is 4.05. The molecule has 0 saturated carbocycles. The molecule has 0 fully saturated rings. The number of rotatable bonds is 3. The van der Waals surface area contributed by atoms with Crippen LogP contribution in [0.15, 0.2) is 36.4 Å². The molecule has 0 bridgehead atoms. The minimum Gasteiger partial charge on any atom is -0.497 e. The Labute approximate surface area is 115 Å².